The van der Waals surface area contributed by atoms with E-state index in [-0.39, 0.29) is 17.2 Å². The number of carbonyl (C=O) groups is 1. The summed E-state index contributed by atoms with van der Waals surface area (Å²) in [5.74, 6) is 0.107. The van der Waals surface area contributed by atoms with Crippen molar-refractivity contribution >= 4 is 50.6 Å². The van der Waals surface area contributed by atoms with Crippen LogP contribution in [0.4, 0.5) is 0 Å². The molecule has 0 atom stereocenters. The molecule has 0 aliphatic rings. The number of para-hydroxylation sites is 1. The molecule has 0 spiro atoms. The van der Waals surface area contributed by atoms with E-state index in [9.17, 15) is 9.59 Å². The van der Waals surface area contributed by atoms with Gasteiger partial charge >= 0.3 is 0 Å². The number of amides is 1. The van der Waals surface area contributed by atoms with E-state index in [1.807, 2.05) is 53.2 Å². The van der Waals surface area contributed by atoms with Gasteiger partial charge in [0.05, 0.1) is 23.4 Å². The second-order valence-corrected chi connectivity index (χ2v) is 8.52. The molecule has 136 valence electrons. The van der Waals surface area contributed by atoms with Crippen LogP contribution in [0.15, 0.2) is 69.2 Å². The number of nitrogens with zero attached hydrogens (tertiary/aromatic N) is 2. The normalized spacial score (nSPS) is 11.0. The van der Waals surface area contributed by atoms with Crippen molar-refractivity contribution in [2.75, 3.05) is 5.75 Å². The number of rotatable bonds is 6. The van der Waals surface area contributed by atoms with Crippen molar-refractivity contribution in [1.29, 1.82) is 0 Å². The third-order valence-electron chi connectivity index (χ3n) is 3.85. The number of benzene rings is 1. The molecule has 0 saturated carbocycles. The number of aromatic nitrogens is 2. The van der Waals surface area contributed by atoms with E-state index >= 15 is 0 Å². The highest BCUT2D eigenvalue weighted by atomic mass is 32.2. The maximum Gasteiger partial charge on any atom is 0.267 e. The molecule has 0 fully saturated rings. The molecule has 0 saturated heterocycles. The summed E-state index contributed by atoms with van der Waals surface area (Å²) in [4.78, 5) is 31.6. The van der Waals surface area contributed by atoms with Gasteiger partial charge in [-0.3, -0.25) is 14.2 Å². The van der Waals surface area contributed by atoms with Crippen LogP contribution in [0.3, 0.4) is 0 Å². The lowest BCUT2D eigenvalue weighted by molar-refractivity contribution is -0.118. The fourth-order valence-electron chi connectivity index (χ4n) is 2.58. The van der Waals surface area contributed by atoms with Gasteiger partial charge in [0.1, 0.15) is 4.83 Å². The summed E-state index contributed by atoms with van der Waals surface area (Å²) in [6.45, 7) is 0.514. The van der Waals surface area contributed by atoms with Gasteiger partial charge in [0.2, 0.25) is 5.91 Å². The van der Waals surface area contributed by atoms with Crippen LogP contribution in [-0.4, -0.2) is 21.2 Å². The maximum atomic E-state index is 13.0. The number of thioether (sulfide) groups is 1. The summed E-state index contributed by atoms with van der Waals surface area (Å²) in [6, 6.07) is 15.1. The lowest BCUT2D eigenvalue weighted by Gasteiger charge is -2.12. The van der Waals surface area contributed by atoms with Crippen molar-refractivity contribution in [3.63, 3.8) is 0 Å². The zero-order valence-corrected chi connectivity index (χ0v) is 16.6. The Hall–Kier alpha value is -2.42. The van der Waals surface area contributed by atoms with Gasteiger partial charge in [-0.25, -0.2) is 4.98 Å². The molecule has 4 rings (SSSR count). The van der Waals surface area contributed by atoms with Crippen molar-refractivity contribution in [2.45, 2.75) is 11.7 Å². The van der Waals surface area contributed by atoms with Crippen molar-refractivity contribution in [3.8, 4) is 5.69 Å². The predicted molar refractivity (Wildman–Crippen MR) is 112 cm³/mol. The first-order chi connectivity index (χ1) is 13.2. The Balaban J connectivity index is 1.59. The standard InChI is InChI=1S/C19H15N3O2S3/c23-16(20-11-14-7-4-9-25-14)12-27-19-21-17-15(8-10-26-17)18(24)22(19)13-5-2-1-3-6-13/h1-10H,11-12H2,(H,20,23). The minimum atomic E-state index is -0.117. The average Bonchev–Trinajstić information content (AvgIpc) is 3.37. The molecule has 5 nitrogen and oxygen atoms in total. The molecule has 0 aliphatic heterocycles. The molecule has 1 N–H and O–H groups in total. The summed E-state index contributed by atoms with van der Waals surface area (Å²) in [5.41, 5.74) is 0.624. The van der Waals surface area contributed by atoms with Crippen LogP contribution in [0.5, 0.6) is 0 Å². The summed E-state index contributed by atoms with van der Waals surface area (Å²) in [7, 11) is 0. The van der Waals surface area contributed by atoms with Crippen molar-refractivity contribution in [1.82, 2.24) is 14.9 Å². The van der Waals surface area contributed by atoms with E-state index < -0.39 is 0 Å². The van der Waals surface area contributed by atoms with Crippen LogP contribution < -0.4 is 10.9 Å². The molecule has 0 radical (unpaired) electrons. The Kier molecular flexibility index (Phi) is 5.38. The first-order valence-electron chi connectivity index (χ1n) is 8.20. The van der Waals surface area contributed by atoms with Gasteiger partial charge in [0.15, 0.2) is 5.16 Å². The van der Waals surface area contributed by atoms with E-state index in [1.165, 1.54) is 23.1 Å². The second-order valence-electron chi connectivity index (χ2n) is 5.65. The molecule has 8 heteroatoms. The second kappa shape index (κ2) is 8.08. The SMILES string of the molecule is O=C(CSc1nc2sccc2c(=O)n1-c1ccccc1)NCc1cccs1. The summed E-state index contributed by atoms with van der Waals surface area (Å²) < 4.78 is 1.58. The Bertz CT molecular complexity index is 1120. The Morgan fingerprint density at radius 1 is 1.07 bits per heavy atom. The van der Waals surface area contributed by atoms with E-state index in [0.717, 1.165) is 10.6 Å². The van der Waals surface area contributed by atoms with Gasteiger partial charge in [-0.15, -0.1) is 22.7 Å². The molecule has 3 heterocycles. The molecular weight excluding hydrogens is 398 g/mol. The van der Waals surface area contributed by atoms with Gasteiger partial charge in [-0.05, 0) is 35.0 Å². The Morgan fingerprint density at radius 2 is 1.93 bits per heavy atom. The summed E-state index contributed by atoms with van der Waals surface area (Å²) in [5, 5.41) is 7.85. The highest BCUT2D eigenvalue weighted by Gasteiger charge is 2.15. The first-order valence-corrected chi connectivity index (χ1v) is 10.9. The highest BCUT2D eigenvalue weighted by molar-refractivity contribution is 7.99. The van der Waals surface area contributed by atoms with Gasteiger partial charge in [-0.2, -0.15) is 0 Å². The number of hydrogen-bond acceptors (Lipinski definition) is 6. The molecule has 1 amide bonds. The molecule has 0 unspecified atom stereocenters. The van der Waals surface area contributed by atoms with Crippen molar-refractivity contribution < 1.29 is 4.79 Å². The number of thiophene rings is 2. The minimum absolute atomic E-state index is 0.0893. The molecule has 4 aromatic rings. The maximum absolute atomic E-state index is 13.0. The summed E-state index contributed by atoms with van der Waals surface area (Å²) >= 11 is 4.30. The summed E-state index contributed by atoms with van der Waals surface area (Å²) in [6.07, 6.45) is 0. The lowest BCUT2D eigenvalue weighted by Crippen LogP contribution is -2.25. The predicted octanol–water partition coefficient (Wildman–Crippen LogP) is 3.92. The molecule has 27 heavy (non-hydrogen) atoms. The Morgan fingerprint density at radius 3 is 2.70 bits per heavy atom. The molecule has 0 bridgehead atoms. The van der Waals surface area contributed by atoms with Crippen LogP contribution in [0.2, 0.25) is 0 Å². The van der Waals surface area contributed by atoms with E-state index in [1.54, 1.807) is 22.0 Å². The average molecular weight is 414 g/mol. The zero-order chi connectivity index (χ0) is 18.6. The molecule has 0 aliphatic carbocycles. The van der Waals surface area contributed by atoms with E-state index in [0.29, 0.717) is 21.9 Å². The van der Waals surface area contributed by atoms with Gasteiger partial charge in [-0.1, -0.05) is 36.0 Å². The van der Waals surface area contributed by atoms with Gasteiger partial charge < -0.3 is 5.32 Å². The fraction of sp³-hybridized carbons (Fsp3) is 0.105. The lowest BCUT2D eigenvalue weighted by atomic mass is 10.3. The number of hydrogen-bond donors (Lipinski definition) is 1. The third kappa shape index (κ3) is 3.97. The van der Waals surface area contributed by atoms with E-state index in [2.05, 4.69) is 10.3 Å². The molecule has 1 aromatic carbocycles. The minimum Gasteiger partial charge on any atom is -0.350 e. The van der Waals surface area contributed by atoms with Crippen molar-refractivity contribution in [2.24, 2.45) is 0 Å². The molecular formula is C19H15N3O2S3. The van der Waals surface area contributed by atoms with Gasteiger partial charge in [0.25, 0.3) is 5.56 Å². The van der Waals surface area contributed by atoms with Gasteiger partial charge in [0, 0.05) is 4.88 Å². The van der Waals surface area contributed by atoms with Crippen LogP contribution in [0.1, 0.15) is 4.88 Å². The Labute approximate surface area is 167 Å². The number of fused-ring (bicyclic) bond motifs is 1. The number of carbonyl (C=O) groups excluding carboxylic acids is 1. The van der Waals surface area contributed by atoms with Crippen LogP contribution in [0, 0.1) is 0 Å². The van der Waals surface area contributed by atoms with E-state index in [4.69, 9.17) is 0 Å². The monoisotopic (exact) mass is 413 g/mol. The zero-order valence-electron chi connectivity index (χ0n) is 14.1. The highest BCUT2D eigenvalue weighted by Crippen LogP contribution is 2.23. The smallest absolute Gasteiger partial charge is 0.267 e. The third-order valence-corrected chi connectivity index (χ3v) is 6.48. The van der Waals surface area contributed by atoms with Crippen LogP contribution in [0.25, 0.3) is 15.9 Å². The fourth-order valence-corrected chi connectivity index (χ4v) is 4.87. The van der Waals surface area contributed by atoms with Crippen molar-refractivity contribution in [3.05, 3.63) is 74.5 Å². The largest absolute Gasteiger partial charge is 0.350 e. The first kappa shape index (κ1) is 18.0. The number of nitrogens with one attached hydrogen (secondary N) is 1. The quantitative estimate of drug-likeness (QED) is 0.384. The van der Waals surface area contributed by atoms with Crippen LogP contribution in [-0.2, 0) is 11.3 Å². The molecule has 3 aromatic heterocycles. The van der Waals surface area contributed by atoms with Crippen LogP contribution >= 0.6 is 34.4 Å². The topological polar surface area (TPSA) is 64.0 Å².